The van der Waals surface area contributed by atoms with Crippen LogP contribution in [0.25, 0.3) is 0 Å². The number of hydrazine groups is 1. The molecular weight excluding hydrogens is 242 g/mol. The zero-order valence-electron chi connectivity index (χ0n) is 11.4. The van der Waals surface area contributed by atoms with Crippen LogP contribution in [0.5, 0.6) is 0 Å². The summed E-state index contributed by atoms with van der Waals surface area (Å²) in [6.07, 6.45) is 4.05. The van der Waals surface area contributed by atoms with Gasteiger partial charge in [0.25, 0.3) is 5.91 Å². The van der Waals surface area contributed by atoms with E-state index in [4.69, 9.17) is 5.84 Å². The first-order valence-corrected chi connectivity index (χ1v) is 6.54. The first-order chi connectivity index (χ1) is 9.11. The summed E-state index contributed by atoms with van der Waals surface area (Å²) in [4.78, 5) is 18.3. The number of nitrogen functional groups attached to an aromatic ring is 1. The van der Waals surface area contributed by atoms with Gasteiger partial charge in [-0.15, -0.1) is 0 Å². The quantitative estimate of drug-likeness (QED) is 0.516. The maximum atomic E-state index is 11.9. The number of amides is 1. The van der Waals surface area contributed by atoms with Crippen LogP contribution in [0.3, 0.4) is 0 Å². The zero-order valence-corrected chi connectivity index (χ0v) is 11.4. The van der Waals surface area contributed by atoms with Crippen molar-refractivity contribution in [3.05, 3.63) is 23.9 Å². The number of hydrogen-bond acceptors (Lipinski definition) is 5. The van der Waals surface area contributed by atoms with E-state index >= 15 is 0 Å². The third kappa shape index (κ3) is 3.65. The summed E-state index contributed by atoms with van der Waals surface area (Å²) in [7, 11) is 2.11. The van der Waals surface area contributed by atoms with E-state index < -0.39 is 0 Å². The molecule has 2 rings (SSSR count). The number of likely N-dealkylation sites (N-methyl/N-ethyl adjacent to an activating group) is 1. The molecule has 1 aromatic heterocycles. The average Bonchev–Trinajstić information content (AvgIpc) is 3.28. The summed E-state index contributed by atoms with van der Waals surface area (Å²) in [5.74, 6) is 5.66. The monoisotopic (exact) mass is 263 g/mol. The Balaban J connectivity index is 1.82. The molecule has 0 radical (unpaired) electrons. The lowest BCUT2D eigenvalue weighted by Gasteiger charge is -2.24. The van der Waals surface area contributed by atoms with Gasteiger partial charge in [-0.3, -0.25) is 9.69 Å². The zero-order chi connectivity index (χ0) is 13.8. The van der Waals surface area contributed by atoms with Gasteiger partial charge in [0.1, 0.15) is 5.82 Å². The lowest BCUT2D eigenvalue weighted by atomic mass is 10.2. The molecule has 104 valence electrons. The molecule has 19 heavy (non-hydrogen) atoms. The summed E-state index contributed by atoms with van der Waals surface area (Å²) < 4.78 is 0. The molecule has 1 saturated carbocycles. The van der Waals surface area contributed by atoms with Gasteiger partial charge in [-0.1, -0.05) is 0 Å². The van der Waals surface area contributed by atoms with Crippen molar-refractivity contribution < 1.29 is 4.79 Å². The van der Waals surface area contributed by atoms with Crippen LogP contribution < -0.4 is 16.6 Å². The van der Waals surface area contributed by atoms with E-state index in [1.165, 1.54) is 19.0 Å². The second-order valence-electron chi connectivity index (χ2n) is 5.03. The smallest absolute Gasteiger partial charge is 0.252 e. The van der Waals surface area contributed by atoms with Gasteiger partial charge < -0.3 is 10.7 Å². The Kier molecular flexibility index (Phi) is 4.34. The highest BCUT2D eigenvalue weighted by atomic mass is 16.1. The number of rotatable bonds is 6. The van der Waals surface area contributed by atoms with Crippen LogP contribution in [0.2, 0.25) is 0 Å². The van der Waals surface area contributed by atoms with E-state index in [9.17, 15) is 4.79 Å². The van der Waals surface area contributed by atoms with Gasteiger partial charge in [0.15, 0.2) is 0 Å². The van der Waals surface area contributed by atoms with Crippen LogP contribution >= 0.6 is 0 Å². The molecule has 0 spiro atoms. The van der Waals surface area contributed by atoms with Crippen molar-refractivity contribution in [1.29, 1.82) is 0 Å². The molecule has 4 N–H and O–H groups in total. The van der Waals surface area contributed by atoms with Gasteiger partial charge in [0.2, 0.25) is 0 Å². The highest BCUT2D eigenvalue weighted by Crippen LogP contribution is 2.26. The van der Waals surface area contributed by atoms with Crippen molar-refractivity contribution in [2.75, 3.05) is 19.0 Å². The fourth-order valence-electron chi connectivity index (χ4n) is 1.94. The van der Waals surface area contributed by atoms with Crippen molar-refractivity contribution in [3.8, 4) is 0 Å². The summed E-state index contributed by atoms with van der Waals surface area (Å²) >= 11 is 0. The second-order valence-corrected chi connectivity index (χ2v) is 5.03. The molecule has 0 aliphatic heterocycles. The highest BCUT2D eigenvalue weighted by molar-refractivity contribution is 5.94. The highest BCUT2D eigenvalue weighted by Gasteiger charge is 2.29. The molecule has 1 amide bonds. The molecule has 0 aromatic carbocycles. The summed E-state index contributed by atoms with van der Waals surface area (Å²) in [6, 6.07) is 4.42. The molecule has 1 fully saturated rings. The number of nitrogens with one attached hydrogen (secondary N) is 2. The number of pyridine rings is 1. The van der Waals surface area contributed by atoms with E-state index in [-0.39, 0.29) is 5.91 Å². The van der Waals surface area contributed by atoms with Crippen LogP contribution in [0.15, 0.2) is 18.3 Å². The number of nitrogens with two attached hydrogens (primary N) is 1. The fourth-order valence-corrected chi connectivity index (χ4v) is 1.94. The first kappa shape index (κ1) is 13.8. The lowest BCUT2D eigenvalue weighted by Crippen LogP contribution is -2.41. The molecule has 1 unspecified atom stereocenters. The van der Waals surface area contributed by atoms with Crippen molar-refractivity contribution in [1.82, 2.24) is 15.2 Å². The van der Waals surface area contributed by atoms with Gasteiger partial charge in [-0.05, 0) is 38.9 Å². The Bertz CT molecular complexity index is 429. The number of carbonyl (C=O) groups excluding carboxylic acids is 1. The Morgan fingerprint density at radius 3 is 2.84 bits per heavy atom. The van der Waals surface area contributed by atoms with Crippen molar-refractivity contribution in [2.45, 2.75) is 31.8 Å². The Morgan fingerprint density at radius 2 is 2.32 bits per heavy atom. The minimum absolute atomic E-state index is 0.105. The number of aromatic nitrogens is 1. The van der Waals surface area contributed by atoms with Crippen LogP contribution in [0, 0.1) is 0 Å². The molecule has 6 heteroatoms. The standard InChI is InChI=1S/C13H21N5O/c1-9(18(2)11-4-5-11)7-16-13(19)10-3-6-12(17-14)15-8-10/h3,6,8-9,11H,4-5,7,14H2,1-2H3,(H,15,17)(H,16,19). The van der Waals surface area contributed by atoms with Gasteiger partial charge in [0, 0.05) is 24.8 Å². The average molecular weight is 263 g/mol. The van der Waals surface area contributed by atoms with E-state index in [0.717, 1.165) is 0 Å². The molecular formula is C13H21N5O. The van der Waals surface area contributed by atoms with Crippen molar-refractivity contribution in [3.63, 3.8) is 0 Å². The lowest BCUT2D eigenvalue weighted by molar-refractivity contribution is 0.0939. The molecule has 6 nitrogen and oxygen atoms in total. The van der Waals surface area contributed by atoms with E-state index in [0.29, 0.717) is 30.0 Å². The normalized spacial score (nSPS) is 16.2. The molecule has 1 heterocycles. The minimum Gasteiger partial charge on any atom is -0.350 e. The third-order valence-corrected chi connectivity index (χ3v) is 3.55. The Morgan fingerprint density at radius 1 is 1.58 bits per heavy atom. The van der Waals surface area contributed by atoms with Crippen LogP contribution in [-0.2, 0) is 0 Å². The Labute approximate surface area is 113 Å². The number of anilines is 1. The van der Waals surface area contributed by atoms with Crippen LogP contribution in [0.4, 0.5) is 5.82 Å². The maximum Gasteiger partial charge on any atom is 0.252 e. The van der Waals surface area contributed by atoms with Crippen LogP contribution in [0.1, 0.15) is 30.1 Å². The largest absolute Gasteiger partial charge is 0.350 e. The predicted octanol–water partition coefficient (Wildman–Crippen LogP) is 0.580. The van der Waals surface area contributed by atoms with Gasteiger partial charge in [-0.25, -0.2) is 10.8 Å². The molecule has 1 atom stereocenters. The van der Waals surface area contributed by atoms with Crippen LogP contribution in [-0.4, -0.2) is 41.5 Å². The fraction of sp³-hybridized carbons (Fsp3) is 0.538. The molecule has 1 aliphatic rings. The van der Waals surface area contributed by atoms with E-state index in [1.54, 1.807) is 12.1 Å². The maximum absolute atomic E-state index is 11.9. The minimum atomic E-state index is -0.105. The molecule has 1 aromatic rings. The summed E-state index contributed by atoms with van der Waals surface area (Å²) in [5.41, 5.74) is 2.97. The van der Waals surface area contributed by atoms with Gasteiger partial charge in [0.05, 0.1) is 5.56 Å². The molecule has 0 saturated heterocycles. The van der Waals surface area contributed by atoms with Gasteiger partial charge in [-0.2, -0.15) is 0 Å². The van der Waals surface area contributed by atoms with Crippen molar-refractivity contribution >= 4 is 11.7 Å². The molecule has 0 bridgehead atoms. The van der Waals surface area contributed by atoms with E-state index in [1.807, 2.05) is 0 Å². The molecule has 1 aliphatic carbocycles. The second kappa shape index (κ2) is 5.99. The number of hydrogen-bond donors (Lipinski definition) is 3. The Hall–Kier alpha value is -1.66. The topological polar surface area (TPSA) is 83.3 Å². The predicted molar refractivity (Wildman–Crippen MR) is 74.6 cm³/mol. The van der Waals surface area contributed by atoms with Crippen molar-refractivity contribution in [2.24, 2.45) is 5.84 Å². The SMILES string of the molecule is CC(CNC(=O)c1ccc(NN)nc1)N(C)C1CC1. The van der Waals surface area contributed by atoms with Gasteiger partial charge >= 0.3 is 0 Å². The number of nitrogens with zero attached hydrogens (tertiary/aromatic N) is 2. The van der Waals surface area contributed by atoms with E-state index in [2.05, 4.69) is 34.6 Å². The number of carbonyl (C=O) groups is 1. The summed E-state index contributed by atoms with van der Waals surface area (Å²) in [6.45, 7) is 2.76. The third-order valence-electron chi connectivity index (χ3n) is 3.55. The summed E-state index contributed by atoms with van der Waals surface area (Å²) in [5, 5.41) is 2.93. The first-order valence-electron chi connectivity index (χ1n) is 6.54.